The molecule has 34 heavy (non-hydrogen) atoms. The molecule has 4 aromatic rings. The summed E-state index contributed by atoms with van der Waals surface area (Å²) >= 11 is 0. The summed E-state index contributed by atoms with van der Waals surface area (Å²) in [6.45, 7) is 2.66. The van der Waals surface area contributed by atoms with E-state index in [1.807, 2.05) is 67.6 Å². The maximum Gasteiger partial charge on any atom is 0.272 e. The summed E-state index contributed by atoms with van der Waals surface area (Å²) in [4.78, 5) is 19.6. The number of nitriles is 1. The average molecular weight is 452 g/mol. The Balaban J connectivity index is 1.78. The van der Waals surface area contributed by atoms with Crippen molar-refractivity contribution in [2.75, 3.05) is 13.7 Å². The van der Waals surface area contributed by atoms with E-state index in [0.717, 1.165) is 22.4 Å². The molecule has 0 aliphatic rings. The Labute approximate surface area is 198 Å². The summed E-state index contributed by atoms with van der Waals surface area (Å²) in [6, 6.07) is 23.1. The number of aryl methyl sites for hydroxylation is 1. The molecule has 2 aromatic carbocycles. The van der Waals surface area contributed by atoms with Crippen molar-refractivity contribution >= 4 is 5.91 Å². The van der Waals surface area contributed by atoms with Crippen LogP contribution in [0.15, 0.2) is 79.1 Å². The lowest BCUT2D eigenvalue weighted by molar-refractivity contribution is 0.0737. The second-order valence-electron chi connectivity index (χ2n) is 7.89. The van der Waals surface area contributed by atoms with E-state index in [4.69, 9.17) is 15.1 Å². The van der Waals surface area contributed by atoms with Crippen LogP contribution in [0.2, 0.25) is 0 Å². The van der Waals surface area contributed by atoms with Crippen molar-refractivity contribution in [3.8, 4) is 28.8 Å². The lowest BCUT2D eigenvalue weighted by Crippen LogP contribution is -2.33. The molecule has 7 nitrogen and oxygen atoms in total. The van der Waals surface area contributed by atoms with Gasteiger partial charge in [-0.25, -0.2) is 4.68 Å². The Morgan fingerprint density at radius 1 is 1.12 bits per heavy atom. The Hall–Kier alpha value is -4.44. The summed E-state index contributed by atoms with van der Waals surface area (Å²) in [7, 11) is 1.62. The van der Waals surface area contributed by atoms with E-state index < -0.39 is 0 Å². The summed E-state index contributed by atoms with van der Waals surface area (Å²) in [6.07, 6.45) is 3.65. The smallest absolute Gasteiger partial charge is 0.272 e. The van der Waals surface area contributed by atoms with E-state index in [2.05, 4.69) is 11.1 Å². The minimum atomic E-state index is -0.207. The second-order valence-corrected chi connectivity index (χ2v) is 7.89. The summed E-state index contributed by atoms with van der Waals surface area (Å²) in [5.41, 5.74) is 4.71. The Morgan fingerprint density at radius 3 is 2.65 bits per heavy atom. The number of nitrogens with zero attached hydrogens (tertiary/aromatic N) is 5. The van der Waals surface area contributed by atoms with Gasteiger partial charge in [0, 0.05) is 31.0 Å². The molecule has 2 aromatic heterocycles. The highest BCUT2D eigenvalue weighted by molar-refractivity contribution is 5.94. The first-order valence-electron chi connectivity index (χ1n) is 11.0. The van der Waals surface area contributed by atoms with Crippen molar-refractivity contribution in [2.45, 2.75) is 19.9 Å². The van der Waals surface area contributed by atoms with Crippen LogP contribution >= 0.6 is 0 Å². The van der Waals surface area contributed by atoms with Crippen LogP contribution in [0.5, 0.6) is 5.75 Å². The SMILES string of the molecule is COc1cccc(-c2cc(C(=O)N(CCC#N)Cc3cccnc3)n(-c3ccc(C)cc3)n2)c1. The van der Waals surface area contributed by atoms with Crippen molar-refractivity contribution in [3.05, 3.63) is 95.9 Å². The van der Waals surface area contributed by atoms with Crippen LogP contribution in [0, 0.1) is 18.3 Å². The van der Waals surface area contributed by atoms with Gasteiger partial charge in [0.1, 0.15) is 11.4 Å². The van der Waals surface area contributed by atoms with Crippen LogP contribution in [0.1, 0.15) is 28.0 Å². The largest absolute Gasteiger partial charge is 0.497 e. The first kappa shape index (κ1) is 22.7. The standard InChI is InChI=1S/C27H25N5O2/c1-20-9-11-23(12-10-20)32-26(17-25(30-32)22-7-3-8-24(16-22)34-2)27(33)31(15-5-13-28)19-21-6-4-14-29-18-21/h3-4,6-12,14,16-18H,5,15,19H2,1-2H3. The molecular formula is C27H25N5O2. The number of hydrogen-bond donors (Lipinski definition) is 0. The molecule has 0 bridgehead atoms. The number of carbonyl (C=O) groups excluding carboxylic acids is 1. The summed E-state index contributed by atoms with van der Waals surface area (Å²) < 4.78 is 7.03. The highest BCUT2D eigenvalue weighted by Gasteiger charge is 2.23. The number of benzene rings is 2. The zero-order chi connectivity index (χ0) is 23.9. The maximum absolute atomic E-state index is 13.8. The molecule has 1 amide bonds. The van der Waals surface area contributed by atoms with Gasteiger partial charge in [-0.1, -0.05) is 35.9 Å². The number of methoxy groups -OCH3 is 1. The summed E-state index contributed by atoms with van der Waals surface area (Å²) in [5, 5.41) is 13.9. The second kappa shape index (κ2) is 10.5. The minimum absolute atomic E-state index is 0.207. The molecule has 2 heterocycles. The number of amides is 1. The van der Waals surface area contributed by atoms with Gasteiger partial charge in [0.2, 0.25) is 0 Å². The normalized spacial score (nSPS) is 10.5. The lowest BCUT2D eigenvalue weighted by Gasteiger charge is -2.22. The number of aromatic nitrogens is 3. The third-order valence-electron chi connectivity index (χ3n) is 5.45. The average Bonchev–Trinajstić information content (AvgIpc) is 3.33. The van der Waals surface area contributed by atoms with Crippen molar-refractivity contribution in [1.29, 1.82) is 5.26 Å². The van der Waals surface area contributed by atoms with Gasteiger partial charge in [-0.3, -0.25) is 9.78 Å². The molecular weight excluding hydrogens is 426 g/mol. The molecule has 170 valence electrons. The molecule has 0 spiro atoms. The Bertz CT molecular complexity index is 1310. The van der Waals surface area contributed by atoms with Crippen LogP contribution in [0.3, 0.4) is 0 Å². The van der Waals surface area contributed by atoms with Crippen LogP contribution < -0.4 is 4.74 Å². The number of hydrogen-bond acceptors (Lipinski definition) is 5. The fraction of sp³-hybridized carbons (Fsp3) is 0.185. The van der Waals surface area contributed by atoms with Crippen molar-refractivity contribution in [2.24, 2.45) is 0 Å². The zero-order valence-corrected chi connectivity index (χ0v) is 19.2. The van der Waals surface area contributed by atoms with Crippen molar-refractivity contribution in [1.82, 2.24) is 19.7 Å². The van der Waals surface area contributed by atoms with Gasteiger partial charge in [-0.2, -0.15) is 10.4 Å². The molecule has 0 N–H and O–H groups in total. The quantitative estimate of drug-likeness (QED) is 0.384. The molecule has 7 heteroatoms. The molecule has 0 unspecified atom stereocenters. The predicted molar refractivity (Wildman–Crippen MR) is 129 cm³/mol. The Kier molecular flexibility index (Phi) is 6.99. The molecule has 0 radical (unpaired) electrons. The van der Waals surface area contributed by atoms with Crippen LogP contribution in [-0.2, 0) is 6.54 Å². The minimum Gasteiger partial charge on any atom is -0.497 e. The predicted octanol–water partition coefficient (Wildman–Crippen LogP) is 4.81. The van der Waals surface area contributed by atoms with E-state index in [1.54, 1.807) is 35.2 Å². The third kappa shape index (κ3) is 5.13. The Morgan fingerprint density at radius 2 is 1.94 bits per heavy atom. The van der Waals surface area contributed by atoms with Gasteiger partial charge in [0.15, 0.2) is 0 Å². The third-order valence-corrected chi connectivity index (χ3v) is 5.45. The molecule has 0 saturated carbocycles. The van der Waals surface area contributed by atoms with E-state index in [1.165, 1.54) is 0 Å². The van der Waals surface area contributed by atoms with Gasteiger partial charge >= 0.3 is 0 Å². The van der Waals surface area contributed by atoms with E-state index in [9.17, 15) is 4.79 Å². The molecule has 0 fully saturated rings. The van der Waals surface area contributed by atoms with Gasteiger partial charge in [-0.15, -0.1) is 0 Å². The zero-order valence-electron chi connectivity index (χ0n) is 19.2. The van der Waals surface area contributed by atoms with E-state index in [0.29, 0.717) is 30.2 Å². The number of ether oxygens (including phenoxy) is 1. The van der Waals surface area contributed by atoms with Gasteiger partial charge < -0.3 is 9.64 Å². The van der Waals surface area contributed by atoms with Crippen LogP contribution in [0.25, 0.3) is 16.9 Å². The molecule has 0 atom stereocenters. The molecule has 0 aliphatic heterocycles. The first-order chi connectivity index (χ1) is 16.6. The maximum atomic E-state index is 13.8. The topological polar surface area (TPSA) is 84.0 Å². The fourth-order valence-electron chi connectivity index (χ4n) is 3.65. The number of carbonyl (C=O) groups is 1. The first-order valence-corrected chi connectivity index (χ1v) is 11.0. The van der Waals surface area contributed by atoms with E-state index >= 15 is 0 Å². The fourth-order valence-corrected chi connectivity index (χ4v) is 3.65. The molecule has 4 rings (SSSR count). The molecule has 0 saturated heterocycles. The number of rotatable bonds is 8. The monoisotopic (exact) mass is 451 g/mol. The van der Waals surface area contributed by atoms with Gasteiger partial charge in [0.05, 0.1) is 31.0 Å². The van der Waals surface area contributed by atoms with Gasteiger partial charge in [-0.05, 0) is 48.9 Å². The van der Waals surface area contributed by atoms with Gasteiger partial charge in [0.25, 0.3) is 5.91 Å². The van der Waals surface area contributed by atoms with E-state index in [-0.39, 0.29) is 12.3 Å². The van der Waals surface area contributed by atoms with Crippen molar-refractivity contribution in [3.63, 3.8) is 0 Å². The van der Waals surface area contributed by atoms with Crippen LogP contribution in [-0.4, -0.2) is 39.2 Å². The number of pyridine rings is 1. The highest BCUT2D eigenvalue weighted by atomic mass is 16.5. The highest BCUT2D eigenvalue weighted by Crippen LogP contribution is 2.26. The molecule has 0 aliphatic carbocycles. The lowest BCUT2D eigenvalue weighted by atomic mass is 10.1. The van der Waals surface area contributed by atoms with Crippen LogP contribution in [0.4, 0.5) is 0 Å². The summed E-state index contributed by atoms with van der Waals surface area (Å²) in [5.74, 6) is 0.504. The van der Waals surface area contributed by atoms with Crippen molar-refractivity contribution < 1.29 is 9.53 Å².